The summed E-state index contributed by atoms with van der Waals surface area (Å²) in [5.41, 5.74) is 2.82. The molecule has 1 aliphatic rings. The molecule has 260 valence electrons. The van der Waals surface area contributed by atoms with Crippen molar-refractivity contribution in [3.05, 3.63) is 91.6 Å². The van der Waals surface area contributed by atoms with Gasteiger partial charge in [0.2, 0.25) is 5.91 Å². The molecule has 1 aliphatic carbocycles. The molecule has 1 aromatic heterocycles. The molecule has 0 saturated heterocycles. The predicted molar refractivity (Wildman–Crippen MR) is 178 cm³/mol. The Hall–Kier alpha value is -3.99. The highest BCUT2D eigenvalue weighted by molar-refractivity contribution is 5.82. The molecule has 11 heteroatoms. The number of carboxylic acids is 1. The van der Waals surface area contributed by atoms with E-state index >= 15 is 4.39 Å². The zero-order valence-corrected chi connectivity index (χ0v) is 28.6. The zero-order valence-electron chi connectivity index (χ0n) is 28.6. The zero-order chi connectivity index (χ0) is 35.7. The molecule has 2 N–H and O–H groups in total. The molecule has 2 atom stereocenters. The van der Waals surface area contributed by atoms with Crippen LogP contribution >= 0.6 is 0 Å². The average Bonchev–Trinajstić information content (AvgIpc) is 3.81. The molecule has 7 nitrogen and oxygen atoms in total. The third-order valence-corrected chi connectivity index (χ3v) is 8.88. The summed E-state index contributed by atoms with van der Waals surface area (Å²) in [5.74, 6) is -2.39. The number of rotatable bonds is 13. The smallest absolute Gasteiger partial charge is 0.416 e. The molecule has 0 radical (unpaired) electrons. The maximum Gasteiger partial charge on any atom is 0.416 e. The number of alkyl halides is 3. The van der Waals surface area contributed by atoms with Gasteiger partial charge in [-0.05, 0) is 123 Å². The summed E-state index contributed by atoms with van der Waals surface area (Å²) < 4.78 is 58.7. The number of amides is 1. The quantitative estimate of drug-likeness (QED) is 0.184. The van der Waals surface area contributed by atoms with E-state index in [4.69, 9.17) is 0 Å². The number of halogens is 4. The fourth-order valence-electron chi connectivity index (χ4n) is 6.42. The van der Waals surface area contributed by atoms with Gasteiger partial charge in [-0.15, -0.1) is 0 Å². The van der Waals surface area contributed by atoms with Gasteiger partial charge in [0.05, 0.1) is 18.0 Å². The second-order valence-corrected chi connectivity index (χ2v) is 13.8. The lowest BCUT2D eigenvalue weighted by Gasteiger charge is -2.27. The summed E-state index contributed by atoms with van der Waals surface area (Å²) >= 11 is 0. The maximum atomic E-state index is 15.9. The van der Waals surface area contributed by atoms with E-state index in [0.29, 0.717) is 17.5 Å². The van der Waals surface area contributed by atoms with E-state index in [-0.39, 0.29) is 42.0 Å². The molecule has 3 aromatic rings. The Labute approximate surface area is 279 Å². The number of aliphatic carboxylic acids is 1. The Kier molecular flexibility index (Phi) is 11.2. The van der Waals surface area contributed by atoms with E-state index in [1.807, 2.05) is 13.8 Å². The summed E-state index contributed by atoms with van der Waals surface area (Å²) in [6.45, 7) is 9.39. The number of hydrogen-bond acceptors (Lipinski definition) is 4. The van der Waals surface area contributed by atoms with Crippen molar-refractivity contribution in [2.45, 2.75) is 90.9 Å². The monoisotopic (exact) mass is 671 g/mol. The summed E-state index contributed by atoms with van der Waals surface area (Å²) in [7, 11) is 3.42. The van der Waals surface area contributed by atoms with Gasteiger partial charge in [0.15, 0.2) is 0 Å². The van der Waals surface area contributed by atoms with Crippen molar-refractivity contribution in [3.63, 3.8) is 0 Å². The fourth-order valence-corrected chi connectivity index (χ4v) is 6.42. The van der Waals surface area contributed by atoms with Crippen LogP contribution in [0, 0.1) is 32.5 Å². The molecule has 1 unspecified atom stereocenters. The van der Waals surface area contributed by atoms with Crippen LogP contribution in [0.1, 0.15) is 96.5 Å². The van der Waals surface area contributed by atoms with Gasteiger partial charge in [-0.1, -0.05) is 26.0 Å². The first-order valence-corrected chi connectivity index (χ1v) is 16.3. The van der Waals surface area contributed by atoms with Crippen molar-refractivity contribution < 1.29 is 32.3 Å². The maximum absolute atomic E-state index is 15.9. The minimum absolute atomic E-state index is 0.0273. The Morgan fingerprint density at radius 2 is 1.65 bits per heavy atom. The molecule has 1 amide bonds. The standard InChI is InChI=1S/C37H45F4N3O4/c1-20(2)12-31(44-19-25(10-11-43(6)7)29(17-32(44)45)37(39,40)41)36(48)42-30(18-33(46)47)28-16-27(15-23(5)35(28)38)34-21(3)13-26(14-22(34)4)24-8-9-24/h13-17,19-20,24,30-31H,8-12,18H2,1-7H3,(H,42,48)(H,46,47)/t30-,31?/m0/s1. The van der Waals surface area contributed by atoms with E-state index < -0.39 is 53.5 Å². The van der Waals surface area contributed by atoms with Gasteiger partial charge in [-0.25, -0.2) is 4.39 Å². The third kappa shape index (κ3) is 8.72. The van der Waals surface area contributed by atoms with Crippen LogP contribution in [0.25, 0.3) is 11.1 Å². The highest BCUT2D eigenvalue weighted by atomic mass is 19.4. The molecule has 4 rings (SSSR count). The normalized spacial score (nSPS) is 14.8. The summed E-state index contributed by atoms with van der Waals surface area (Å²) in [6, 6.07) is 5.41. The Balaban J connectivity index is 1.78. The van der Waals surface area contributed by atoms with Crippen LogP contribution in [0.3, 0.4) is 0 Å². The lowest BCUT2D eigenvalue weighted by molar-refractivity contribution is -0.139. The highest BCUT2D eigenvalue weighted by Crippen LogP contribution is 2.43. The average molecular weight is 672 g/mol. The summed E-state index contributed by atoms with van der Waals surface area (Å²) in [4.78, 5) is 41.0. The minimum atomic E-state index is -4.78. The van der Waals surface area contributed by atoms with Gasteiger partial charge in [-0.3, -0.25) is 14.4 Å². The summed E-state index contributed by atoms with van der Waals surface area (Å²) in [5, 5.41) is 12.5. The van der Waals surface area contributed by atoms with Gasteiger partial charge in [0.1, 0.15) is 11.9 Å². The van der Waals surface area contributed by atoms with Crippen molar-refractivity contribution in [3.8, 4) is 11.1 Å². The first kappa shape index (κ1) is 36.8. The number of carboxylic acid groups (broad SMARTS) is 1. The van der Waals surface area contributed by atoms with Crippen molar-refractivity contribution in [1.29, 1.82) is 0 Å². The Bertz CT molecular complexity index is 1720. The molecule has 0 aliphatic heterocycles. The second-order valence-electron chi connectivity index (χ2n) is 13.8. The van der Waals surface area contributed by atoms with Gasteiger partial charge < -0.3 is 19.9 Å². The van der Waals surface area contributed by atoms with Gasteiger partial charge in [0, 0.05) is 24.4 Å². The van der Waals surface area contributed by atoms with E-state index in [0.717, 1.165) is 40.3 Å². The third-order valence-electron chi connectivity index (χ3n) is 8.88. The molecule has 1 heterocycles. The number of aromatic nitrogens is 1. The van der Waals surface area contributed by atoms with Crippen LogP contribution in [0.4, 0.5) is 17.6 Å². The molecular formula is C37H45F4N3O4. The molecular weight excluding hydrogens is 626 g/mol. The lowest BCUT2D eigenvalue weighted by Crippen LogP contribution is -2.41. The molecule has 1 saturated carbocycles. The number of nitrogens with zero attached hydrogens (tertiary/aromatic N) is 2. The van der Waals surface area contributed by atoms with E-state index in [9.17, 15) is 32.7 Å². The number of benzene rings is 2. The highest BCUT2D eigenvalue weighted by Gasteiger charge is 2.36. The largest absolute Gasteiger partial charge is 0.481 e. The van der Waals surface area contributed by atoms with Crippen LogP contribution < -0.4 is 10.9 Å². The number of carbonyl (C=O) groups excluding carboxylic acids is 1. The number of nitrogens with one attached hydrogen (secondary N) is 1. The molecule has 48 heavy (non-hydrogen) atoms. The lowest BCUT2D eigenvalue weighted by atomic mass is 9.88. The number of hydrogen-bond donors (Lipinski definition) is 2. The Morgan fingerprint density at radius 1 is 1.02 bits per heavy atom. The molecule has 0 bridgehead atoms. The van der Waals surface area contributed by atoms with Gasteiger partial charge in [0.25, 0.3) is 5.56 Å². The van der Waals surface area contributed by atoms with Crippen molar-refractivity contribution in [2.75, 3.05) is 20.6 Å². The van der Waals surface area contributed by atoms with Crippen LogP contribution in [0.5, 0.6) is 0 Å². The minimum Gasteiger partial charge on any atom is -0.481 e. The van der Waals surface area contributed by atoms with Crippen LogP contribution in [0.15, 0.2) is 41.3 Å². The fraction of sp³-hybridized carbons (Fsp3) is 0.486. The number of aryl methyl sites for hydroxylation is 3. The predicted octanol–water partition coefficient (Wildman–Crippen LogP) is 7.50. The molecule has 2 aromatic carbocycles. The molecule has 0 spiro atoms. The van der Waals surface area contributed by atoms with Crippen LogP contribution in [-0.4, -0.2) is 47.1 Å². The topological polar surface area (TPSA) is 91.6 Å². The number of likely N-dealkylation sites (N-methyl/N-ethyl adjacent to an activating group) is 1. The first-order valence-electron chi connectivity index (χ1n) is 16.3. The molecule has 1 fully saturated rings. The Morgan fingerprint density at radius 3 is 2.17 bits per heavy atom. The SMILES string of the molecule is Cc1cc(-c2c(C)cc(C3CC3)cc2C)cc([C@H](CC(=O)O)NC(=O)C(CC(C)C)n2cc(CCN(C)C)c(C(F)(F)F)cc2=O)c1F. The van der Waals surface area contributed by atoms with Gasteiger partial charge >= 0.3 is 12.1 Å². The van der Waals surface area contributed by atoms with Crippen molar-refractivity contribution in [1.82, 2.24) is 14.8 Å². The van der Waals surface area contributed by atoms with E-state index in [1.54, 1.807) is 51.9 Å². The first-order chi connectivity index (χ1) is 22.4. The van der Waals surface area contributed by atoms with Crippen molar-refractivity contribution in [2.24, 2.45) is 5.92 Å². The van der Waals surface area contributed by atoms with Gasteiger partial charge in [-0.2, -0.15) is 13.2 Å². The van der Waals surface area contributed by atoms with Crippen LogP contribution in [0.2, 0.25) is 0 Å². The second kappa shape index (κ2) is 14.6. The number of carbonyl (C=O) groups is 2. The van der Waals surface area contributed by atoms with E-state index in [2.05, 4.69) is 17.4 Å². The van der Waals surface area contributed by atoms with Crippen molar-refractivity contribution >= 4 is 11.9 Å². The van der Waals surface area contributed by atoms with Crippen LogP contribution in [-0.2, 0) is 22.2 Å². The van der Waals surface area contributed by atoms with E-state index in [1.165, 1.54) is 5.56 Å². The summed E-state index contributed by atoms with van der Waals surface area (Å²) in [6.07, 6.45) is -2.04. The number of pyridine rings is 1.